The Bertz CT molecular complexity index is 1530. The summed E-state index contributed by atoms with van der Waals surface area (Å²) in [4.78, 5) is 20.4. The number of rotatable bonds is 1. The van der Waals surface area contributed by atoms with Crippen molar-refractivity contribution in [1.29, 1.82) is 0 Å². The van der Waals surface area contributed by atoms with Crippen molar-refractivity contribution >= 4 is 10.9 Å². The summed E-state index contributed by atoms with van der Waals surface area (Å²) in [5.74, 6) is 1.08. The van der Waals surface area contributed by atoms with Crippen LogP contribution in [0.15, 0.2) is 95.8 Å². The van der Waals surface area contributed by atoms with Crippen molar-refractivity contribution in [3.63, 3.8) is 0 Å². The number of hydrogen-bond donors (Lipinski definition) is 1. The molecule has 0 atom stereocenters. The molecule has 3 heteroatoms. The number of nitrogens with zero attached hydrogens (tertiary/aromatic N) is 1. The fraction of sp³-hybridized carbons (Fsp3) is 0.0714. The SMILES string of the molecule is O=c1[nH]c(-c2ccc3c(c2)C2c4ccccc4C3c3ccccc32)nc2ccccc12. The molecule has 0 saturated heterocycles. The summed E-state index contributed by atoms with van der Waals surface area (Å²) in [6.45, 7) is 0. The Morgan fingerprint density at radius 2 is 1.16 bits per heavy atom. The Labute approximate surface area is 179 Å². The number of nitrogens with one attached hydrogen (secondary N) is 1. The van der Waals surface area contributed by atoms with Crippen LogP contribution in [0.5, 0.6) is 0 Å². The number of benzene rings is 4. The van der Waals surface area contributed by atoms with Crippen molar-refractivity contribution in [1.82, 2.24) is 9.97 Å². The third-order valence-electron chi connectivity index (χ3n) is 6.83. The fourth-order valence-electron chi connectivity index (χ4n) is 5.54. The first-order chi connectivity index (χ1) is 15.3. The molecule has 5 aromatic rings. The topological polar surface area (TPSA) is 45.8 Å². The predicted molar refractivity (Wildman–Crippen MR) is 123 cm³/mol. The molecule has 8 rings (SSSR count). The standard InChI is InChI=1S/C28H18N2O/c31-28-22-11-5-6-12-24(22)29-27(30-28)16-13-14-21-23(15-16)26-19-9-3-1-7-17(19)25(21)18-8-2-4-10-20(18)26/h1-15,25-26H,(H,29,30,31). The van der Waals surface area contributed by atoms with Gasteiger partial charge in [-0.15, -0.1) is 0 Å². The number of H-pyrrole nitrogens is 1. The predicted octanol–water partition coefficient (Wildman–Crippen LogP) is 5.58. The maximum absolute atomic E-state index is 12.6. The van der Waals surface area contributed by atoms with E-state index in [0.717, 1.165) is 11.1 Å². The third kappa shape index (κ3) is 2.23. The zero-order valence-corrected chi connectivity index (χ0v) is 16.7. The Kier molecular flexibility index (Phi) is 3.26. The van der Waals surface area contributed by atoms with E-state index in [1.807, 2.05) is 24.3 Å². The van der Waals surface area contributed by atoms with Gasteiger partial charge >= 0.3 is 0 Å². The summed E-state index contributed by atoms with van der Waals surface area (Å²) in [5.41, 5.74) is 9.82. The van der Waals surface area contributed by atoms with Crippen molar-refractivity contribution in [3.8, 4) is 11.4 Å². The van der Waals surface area contributed by atoms with Crippen LogP contribution >= 0.6 is 0 Å². The maximum atomic E-state index is 12.6. The summed E-state index contributed by atoms with van der Waals surface area (Å²) in [7, 11) is 0. The molecule has 0 radical (unpaired) electrons. The highest BCUT2D eigenvalue weighted by molar-refractivity contribution is 5.80. The minimum Gasteiger partial charge on any atom is -0.306 e. The highest BCUT2D eigenvalue weighted by Crippen LogP contribution is 2.55. The van der Waals surface area contributed by atoms with Gasteiger partial charge in [0.25, 0.3) is 5.56 Å². The van der Waals surface area contributed by atoms with Crippen molar-refractivity contribution in [2.75, 3.05) is 0 Å². The minimum atomic E-state index is -0.101. The van der Waals surface area contributed by atoms with E-state index in [9.17, 15) is 4.79 Å². The molecule has 0 aliphatic heterocycles. The van der Waals surface area contributed by atoms with Gasteiger partial charge in [-0.3, -0.25) is 4.79 Å². The van der Waals surface area contributed by atoms with Crippen molar-refractivity contribution in [2.45, 2.75) is 11.8 Å². The van der Waals surface area contributed by atoms with E-state index in [1.165, 1.54) is 33.4 Å². The Hall–Kier alpha value is -3.98. The largest absolute Gasteiger partial charge is 0.306 e. The molecule has 3 nitrogen and oxygen atoms in total. The molecule has 4 aromatic carbocycles. The quantitative estimate of drug-likeness (QED) is 0.392. The molecule has 1 aromatic heterocycles. The molecule has 3 aliphatic rings. The van der Waals surface area contributed by atoms with Gasteiger partial charge in [-0.2, -0.15) is 0 Å². The molecule has 31 heavy (non-hydrogen) atoms. The second kappa shape index (κ2) is 6.02. The molecule has 0 fully saturated rings. The number of fused-ring (bicyclic) bond motifs is 1. The van der Waals surface area contributed by atoms with Crippen molar-refractivity contribution in [2.24, 2.45) is 0 Å². The Balaban J connectivity index is 1.47. The van der Waals surface area contributed by atoms with Crippen LogP contribution in [0.25, 0.3) is 22.3 Å². The van der Waals surface area contributed by atoms with Crippen LogP contribution < -0.4 is 5.56 Å². The molecule has 3 aliphatic carbocycles. The first-order valence-electron chi connectivity index (χ1n) is 10.6. The minimum absolute atomic E-state index is 0.101. The average molecular weight is 398 g/mol. The lowest BCUT2D eigenvalue weighted by Gasteiger charge is -2.42. The second-order valence-electron chi connectivity index (χ2n) is 8.40. The van der Waals surface area contributed by atoms with E-state index in [0.29, 0.717) is 11.2 Å². The van der Waals surface area contributed by atoms with Crippen molar-refractivity contribution < 1.29 is 0 Å². The summed E-state index contributed by atoms with van der Waals surface area (Å²) >= 11 is 0. The van der Waals surface area contributed by atoms with Gasteiger partial charge in [-0.25, -0.2) is 4.98 Å². The van der Waals surface area contributed by atoms with Gasteiger partial charge in [0.1, 0.15) is 5.82 Å². The van der Waals surface area contributed by atoms with Gasteiger partial charge in [0, 0.05) is 17.4 Å². The molecule has 0 unspecified atom stereocenters. The van der Waals surface area contributed by atoms with Crippen LogP contribution in [-0.4, -0.2) is 9.97 Å². The molecule has 0 amide bonds. The lowest BCUT2D eigenvalue weighted by molar-refractivity contribution is 0.754. The van der Waals surface area contributed by atoms with E-state index in [2.05, 4.69) is 71.7 Å². The molecular formula is C28H18N2O. The Morgan fingerprint density at radius 1 is 0.613 bits per heavy atom. The smallest absolute Gasteiger partial charge is 0.259 e. The third-order valence-corrected chi connectivity index (χ3v) is 6.83. The van der Waals surface area contributed by atoms with Crippen LogP contribution in [0.2, 0.25) is 0 Å². The van der Waals surface area contributed by atoms with Gasteiger partial charge < -0.3 is 4.98 Å². The van der Waals surface area contributed by atoms with Gasteiger partial charge in [-0.05, 0) is 51.6 Å². The normalized spacial score (nSPS) is 17.8. The van der Waals surface area contributed by atoms with Crippen LogP contribution in [-0.2, 0) is 0 Å². The zero-order valence-electron chi connectivity index (χ0n) is 16.7. The molecule has 1 heterocycles. The highest BCUT2D eigenvalue weighted by atomic mass is 16.1. The van der Waals surface area contributed by atoms with E-state index < -0.39 is 0 Å². The van der Waals surface area contributed by atoms with Gasteiger partial charge in [0.05, 0.1) is 10.9 Å². The summed E-state index contributed by atoms with van der Waals surface area (Å²) in [6, 6.07) is 31.6. The van der Waals surface area contributed by atoms with E-state index in [4.69, 9.17) is 4.98 Å². The molecule has 146 valence electrons. The molecule has 2 bridgehead atoms. The number of aromatic amines is 1. The van der Waals surface area contributed by atoms with E-state index >= 15 is 0 Å². The van der Waals surface area contributed by atoms with Gasteiger partial charge in [0.2, 0.25) is 0 Å². The molecular weight excluding hydrogens is 380 g/mol. The lowest BCUT2D eigenvalue weighted by Crippen LogP contribution is -2.27. The van der Waals surface area contributed by atoms with Gasteiger partial charge in [-0.1, -0.05) is 72.8 Å². The van der Waals surface area contributed by atoms with Crippen molar-refractivity contribution in [3.05, 3.63) is 135 Å². The first-order valence-corrected chi connectivity index (χ1v) is 10.6. The maximum Gasteiger partial charge on any atom is 0.259 e. The summed E-state index contributed by atoms with van der Waals surface area (Å²) in [6.07, 6.45) is 0. The molecule has 0 saturated carbocycles. The lowest BCUT2D eigenvalue weighted by atomic mass is 9.61. The van der Waals surface area contributed by atoms with Crippen LogP contribution in [0.3, 0.4) is 0 Å². The molecule has 1 N–H and O–H groups in total. The summed E-state index contributed by atoms with van der Waals surface area (Å²) < 4.78 is 0. The number of aromatic nitrogens is 2. The zero-order chi connectivity index (χ0) is 20.5. The fourth-order valence-corrected chi connectivity index (χ4v) is 5.54. The van der Waals surface area contributed by atoms with E-state index in [1.54, 1.807) is 0 Å². The average Bonchev–Trinajstić information content (AvgIpc) is 2.83. The highest BCUT2D eigenvalue weighted by Gasteiger charge is 2.40. The first kappa shape index (κ1) is 16.8. The number of hydrogen-bond acceptors (Lipinski definition) is 2. The Morgan fingerprint density at radius 3 is 1.84 bits per heavy atom. The van der Waals surface area contributed by atoms with E-state index in [-0.39, 0.29) is 17.4 Å². The summed E-state index contributed by atoms with van der Waals surface area (Å²) in [5, 5.41) is 0.617. The van der Waals surface area contributed by atoms with Crippen LogP contribution in [0.1, 0.15) is 45.2 Å². The van der Waals surface area contributed by atoms with Crippen LogP contribution in [0, 0.1) is 0 Å². The second-order valence-corrected chi connectivity index (χ2v) is 8.40. The monoisotopic (exact) mass is 398 g/mol. The molecule has 0 spiro atoms. The van der Waals surface area contributed by atoms with Gasteiger partial charge in [0.15, 0.2) is 0 Å². The van der Waals surface area contributed by atoms with Crippen LogP contribution in [0.4, 0.5) is 0 Å². The number of para-hydroxylation sites is 1.